The number of halogens is 2. The number of aromatic nitrogens is 3. The number of anilines is 1. The number of rotatable bonds is 2. The summed E-state index contributed by atoms with van der Waals surface area (Å²) in [6, 6.07) is 6.13. The van der Waals surface area contributed by atoms with E-state index in [1.165, 1.54) is 18.3 Å². The topological polar surface area (TPSA) is 98.1 Å². The average Bonchev–Trinajstić information content (AvgIpc) is 2.91. The molecular formula is C13H8Cl2N4O2. The first kappa shape index (κ1) is 13.7. The lowest BCUT2D eigenvalue weighted by atomic mass is 10.2. The molecule has 106 valence electrons. The first-order chi connectivity index (χ1) is 10.0. The summed E-state index contributed by atoms with van der Waals surface area (Å²) in [4.78, 5) is 8.28. The van der Waals surface area contributed by atoms with Gasteiger partial charge in [-0.2, -0.15) is 4.98 Å². The second kappa shape index (κ2) is 5.23. The van der Waals surface area contributed by atoms with Gasteiger partial charge in [0.2, 0.25) is 5.82 Å². The van der Waals surface area contributed by atoms with Crippen molar-refractivity contribution in [3.8, 4) is 28.7 Å². The zero-order valence-electron chi connectivity index (χ0n) is 10.4. The number of nitrogens with two attached hydrogens (primary N) is 1. The standard InChI is InChI=1S/C13H8Cl2N4O2/c14-7-4-8(15)11(17-5-7)12-18-13(21-19-12)6-1-2-10(20)9(16)3-6/h1-5,20H,16H2. The van der Waals surface area contributed by atoms with Gasteiger partial charge in [-0.15, -0.1) is 0 Å². The molecule has 0 amide bonds. The largest absolute Gasteiger partial charge is 0.506 e. The number of hydrogen-bond acceptors (Lipinski definition) is 6. The Balaban J connectivity index is 2.01. The Hall–Kier alpha value is -2.31. The fourth-order valence-corrected chi connectivity index (χ4v) is 2.17. The molecule has 0 unspecified atom stereocenters. The fourth-order valence-electron chi connectivity index (χ4n) is 1.70. The first-order valence-electron chi connectivity index (χ1n) is 5.78. The van der Waals surface area contributed by atoms with Crippen LogP contribution in [0.2, 0.25) is 10.0 Å². The molecule has 0 saturated heterocycles. The van der Waals surface area contributed by atoms with E-state index in [0.717, 1.165) is 0 Å². The molecule has 6 nitrogen and oxygen atoms in total. The Morgan fingerprint density at radius 2 is 2.00 bits per heavy atom. The van der Waals surface area contributed by atoms with Gasteiger partial charge >= 0.3 is 0 Å². The van der Waals surface area contributed by atoms with Gasteiger partial charge in [0.1, 0.15) is 11.4 Å². The van der Waals surface area contributed by atoms with Crippen molar-refractivity contribution in [3.63, 3.8) is 0 Å². The summed E-state index contributed by atoms with van der Waals surface area (Å²) in [6.07, 6.45) is 1.44. The number of nitrogen functional groups attached to an aromatic ring is 1. The molecule has 0 bridgehead atoms. The van der Waals surface area contributed by atoms with Crippen molar-refractivity contribution in [2.24, 2.45) is 0 Å². The molecule has 3 aromatic rings. The summed E-state index contributed by atoms with van der Waals surface area (Å²) in [5.41, 5.74) is 6.79. The molecule has 3 N–H and O–H groups in total. The SMILES string of the molecule is Nc1cc(-c2nc(-c3ncc(Cl)cc3Cl)no2)ccc1O. The summed E-state index contributed by atoms with van der Waals surface area (Å²) in [5, 5.41) is 14.0. The molecule has 0 spiro atoms. The molecule has 0 aliphatic rings. The molecule has 0 radical (unpaired) electrons. The highest BCUT2D eigenvalue weighted by molar-refractivity contribution is 6.35. The Morgan fingerprint density at radius 1 is 1.19 bits per heavy atom. The van der Waals surface area contributed by atoms with Crippen molar-refractivity contribution in [1.82, 2.24) is 15.1 Å². The van der Waals surface area contributed by atoms with E-state index < -0.39 is 0 Å². The highest BCUT2D eigenvalue weighted by Crippen LogP contribution is 2.30. The Bertz CT molecular complexity index is 820. The lowest BCUT2D eigenvalue weighted by Crippen LogP contribution is -1.88. The minimum absolute atomic E-state index is 0.0131. The van der Waals surface area contributed by atoms with Crippen LogP contribution in [0.5, 0.6) is 5.75 Å². The zero-order chi connectivity index (χ0) is 15.0. The number of benzene rings is 1. The molecule has 0 atom stereocenters. The molecule has 21 heavy (non-hydrogen) atoms. The van der Waals surface area contributed by atoms with Gasteiger partial charge in [0.15, 0.2) is 0 Å². The van der Waals surface area contributed by atoms with Crippen LogP contribution in [0.15, 0.2) is 35.0 Å². The quantitative estimate of drug-likeness (QED) is 0.554. The monoisotopic (exact) mass is 322 g/mol. The molecule has 8 heteroatoms. The smallest absolute Gasteiger partial charge is 0.258 e. The summed E-state index contributed by atoms with van der Waals surface area (Å²) < 4.78 is 5.16. The molecule has 2 aromatic heterocycles. The summed E-state index contributed by atoms with van der Waals surface area (Å²) in [6.45, 7) is 0. The predicted octanol–water partition coefficient (Wildman–Crippen LogP) is 3.39. The lowest BCUT2D eigenvalue weighted by Gasteiger charge is -1.99. The second-order valence-electron chi connectivity index (χ2n) is 4.18. The molecule has 3 rings (SSSR count). The molecule has 0 saturated carbocycles. The van der Waals surface area contributed by atoms with E-state index in [0.29, 0.717) is 21.3 Å². The Labute approximate surface area is 129 Å². The van der Waals surface area contributed by atoms with Gasteiger partial charge in [-0.05, 0) is 24.3 Å². The third kappa shape index (κ3) is 2.63. The van der Waals surface area contributed by atoms with E-state index in [2.05, 4.69) is 15.1 Å². The van der Waals surface area contributed by atoms with E-state index in [9.17, 15) is 5.11 Å². The summed E-state index contributed by atoms with van der Waals surface area (Å²) in [7, 11) is 0. The number of nitrogens with zero attached hydrogens (tertiary/aromatic N) is 3. The van der Waals surface area contributed by atoms with Gasteiger partial charge < -0.3 is 15.4 Å². The molecular weight excluding hydrogens is 315 g/mol. The summed E-state index contributed by atoms with van der Waals surface area (Å²) >= 11 is 11.8. The van der Waals surface area contributed by atoms with Crippen LogP contribution in [0.1, 0.15) is 0 Å². The average molecular weight is 323 g/mol. The van der Waals surface area contributed by atoms with Gasteiger partial charge in [-0.25, -0.2) is 4.98 Å². The normalized spacial score (nSPS) is 10.8. The number of phenolic OH excluding ortho intramolecular Hbond substituents is 1. The first-order valence-corrected chi connectivity index (χ1v) is 6.54. The molecule has 0 aliphatic carbocycles. The highest BCUT2D eigenvalue weighted by Gasteiger charge is 2.15. The van der Waals surface area contributed by atoms with Crippen LogP contribution in [-0.4, -0.2) is 20.2 Å². The molecule has 2 heterocycles. The third-order valence-corrected chi connectivity index (χ3v) is 3.21. The van der Waals surface area contributed by atoms with Crippen LogP contribution in [0, 0.1) is 0 Å². The zero-order valence-corrected chi connectivity index (χ0v) is 11.9. The van der Waals surface area contributed by atoms with Gasteiger partial charge in [0.05, 0.1) is 15.7 Å². The predicted molar refractivity (Wildman–Crippen MR) is 79.1 cm³/mol. The maximum Gasteiger partial charge on any atom is 0.258 e. The van der Waals surface area contributed by atoms with Gasteiger partial charge in [0, 0.05) is 11.8 Å². The van der Waals surface area contributed by atoms with Crippen molar-refractivity contribution in [3.05, 3.63) is 40.5 Å². The van der Waals surface area contributed by atoms with Gasteiger partial charge in [0.25, 0.3) is 5.89 Å². The van der Waals surface area contributed by atoms with Crippen molar-refractivity contribution in [2.45, 2.75) is 0 Å². The van der Waals surface area contributed by atoms with Crippen LogP contribution >= 0.6 is 23.2 Å². The van der Waals surface area contributed by atoms with Crippen LogP contribution < -0.4 is 5.73 Å². The molecule has 1 aromatic carbocycles. The van der Waals surface area contributed by atoms with E-state index in [1.807, 2.05) is 0 Å². The van der Waals surface area contributed by atoms with Crippen LogP contribution in [0.4, 0.5) is 5.69 Å². The van der Waals surface area contributed by atoms with Crippen LogP contribution in [0.25, 0.3) is 23.0 Å². The summed E-state index contributed by atoms with van der Waals surface area (Å²) in [5.74, 6) is 0.462. The van der Waals surface area contributed by atoms with Crippen molar-refractivity contribution in [2.75, 3.05) is 5.73 Å². The molecule has 0 aliphatic heterocycles. The maximum atomic E-state index is 9.40. The van der Waals surface area contributed by atoms with E-state index >= 15 is 0 Å². The fraction of sp³-hybridized carbons (Fsp3) is 0. The van der Waals surface area contributed by atoms with E-state index in [1.54, 1.807) is 12.1 Å². The van der Waals surface area contributed by atoms with E-state index in [4.69, 9.17) is 33.5 Å². The number of pyridine rings is 1. The maximum absolute atomic E-state index is 9.40. The van der Waals surface area contributed by atoms with Crippen molar-refractivity contribution >= 4 is 28.9 Å². The Morgan fingerprint density at radius 3 is 2.71 bits per heavy atom. The third-order valence-electron chi connectivity index (χ3n) is 2.72. The van der Waals surface area contributed by atoms with Gasteiger partial charge in [-0.1, -0.05) is 28.4 Å². The van der Waals surface area contributed by atoms with Gasteiger partial charge in [-0.3, -0.25) is 0 Å². The lowest BCUT2D eigenvalue weighted by molar-refractivity contribution is 0.432. The minimum atomic E-state index is -0.0131. The molecule has 0 fully saturated rings. The Kier molecular flexibility index (Phi) is 3.40. The van der Waals surface area contributed by atoms with Crippen molar-refractivity contribution < 1.29 is 9.63 Å². The van der Waals surface area contributed by atoms with Crippen LogP contribution in [-0.2, 0) is 0 Å². The van der Waals surface area contributed by atoms with E-state index in [-0.39, 0.29) is 23.2 Å². The van der Waals surface area contributed by atoms with Crippen molar-refractivity contribution in [1.29, 1.82) is 0 Å². The van der Waals surface area contributed by atoms with Crippen LogP contribution in [0.3, 0.4) is 0 Å². The highest BCUT2D eigenvalue weighted by atomic mass is 35.5. The second-order valence-corrected chi connectivity index (χ2v) is 5.02. The minimum Gasteiger partial charge on any atom is -0.506 e. The number of aromatic hydroxyl groups is 1. The number of hydrogen-bond donors (Lipinski definition) is 2. The number of phenols is 1.